The Hall–Kier alpha value is -0.715. The maximum atomic E-state index is 2.39. The fourth-order valence-electron chi connectivity index (χ4n) is 2.85. The van der Waals surface area contributed by atoms with Crippen LogP contribution >= 0.6 is 0 Å². The lowest BCUT2D eigenvalue weighted by Gasteiger charge is -2.26. The molecule has 0 spiro atoms. The van der Waals surface area contributed by atoms with E-state index in [9.17, 15) is 0 Å². The van der Waals surface area contributed by atoms with Gasteiger partial charge in [0.25, 0.3) is 0 Å². The monoisotopic (exact) mass is 213 g/mol. The Morgan fingerprint density at radius 1 is 1.12 bits per heavy atom. The van der Waals surface area contributed by atoms with Crippen LogP contribution in [-0.4, -0.2) is 7.28 Å². The van der Waals surface area contributed by atoms with Crippen LogP contribution in [0.2, 0.25) is 6.82 Å². The maximum absolute atomic E-state index is 2.39. The van der Waals surface area contributed by atoms with Gasteiger partial charge in [0.15, 0.2) is 0 Å². The van der Waals surface area contributed by atoms with Crippen LogP contribution < -0.4 is 5.46 Å². The summed E-state index contributed by atoms with van der Waals surface area (Å²) in [6, 6.07) is 8.85. The lowest BCUT2D eigenvalue weighted by Crippen LogP contribution is -2.21. The molecule has 1 radical (unpaired) electrons. The summed E-state index contributed by atoms with van der Waals surface area (Å²) in [6.07, 6.45) is 7.01. The zero-order valence-electron chi connectivity index (χ0n) is 10.6. The average Bonchev–Trinajstić information content (AvgIpc) is 2.33. The van der Waals surface area contributed by atoms with Gasteiger partial charge in [-0.3, -0.25) is 0 Å². The molecule has 2 rings (SSSR count). The van der Waals surface area contributed by atoms with Gasteiger partial charge in [0.1, 0.15) is 7.28 Å². The van der Waals surface area contributed by atoms with Crippen molar-refractivity contribution < 1.29 is 0 Å². The van der Waals surface area contributed by atoms with Crippen LogP contribution in [0.5, 0.6) is 0 Å². The van der Waals surface area contributed by atoms with E-state index in [2.05, 4.69) is 45.3 Å². The standard InChI is InChI=1S/C15H22B/c1-12-7-9-13(10-8-12)11-14-5-3-4-6-15(14)16-2/h3-6,12-13H,7-11H2,1-2H3. The minimum atomic E-state index is 0.928. The molecule has 0 unspecified atom stereocenters. The Kier molecular flexibility index (Phi) is 4.09. The van der Waals surface area contributed by atoms with Crippen LogP contribution in [-0.2, 0) is 6.42 Å². The summed E-state index contributed by atoms with van der Waals surface area (Å²) in [7, 11) is 2.24. The largest absolute Gasteiger partial charge is 0.148 e. The lowest BCUT2D eigenvalue weighted by molar-refractivity contribution is 0.289. The fraction of sp³-hybridized carbons (Fsp3) is 0.600. The second kappa shape index (κ2) is 5.56. The molecular weight excluding hydrogens is 191 g/mol. The highest BCUT2D eigenvalue weighted by molar-refractivity contribution is 6.52. The first-order chi connectivity index (χ1) is 7.79. The average molecular weight is 213 g/mol. The van der Waals surface area contributed by atoms with Crippen LogP contribution in [0, 0.1) is 11.8 Å². The van der Waals surface area contributed by atoms with Crippen molar-refractivity contribution in [3.63, 3.8) is 0 Å². The van der Waals surface area contributed by atoms with Crippen molar-refractivity contribution in [1.29, 1.82) is 0 Å². The molecule has 1 saturated carbocycles. The Morgan fingerprint density at radius 3 is 2.50 bits per heavy atom. The number of hydrogen-bond acceptors (Lipinski definition) is 0. The van der Waals surface area contributed by atoms with Crippen molar-refractivity contribution in [2.24, 2.45) is 11.8 Å². The van der Waals surface area contributed by atoms with Gasteiger partial charge in [-0.25, -0.2) is 0 Å². The smallest absolute Gasteiger partial charge is 0.0872 e. The van der Waals surface area contributed by atoms with E-state index >= 15 is 0 Å². The topological polar surface area (TPSA) is 0 Å². The van der Waals surface area contributed by atoms with Gasteiger partial charge < -0.3 is 0 Å². The summed E-state index contributed by atoms with van der Waals surface area (Å²) in [5.74, 6) is 1.89. The van der Waals surface area contributed by atoms with Crippen molar-refractivity contribution in [2.75, 3.05) is 0 Å². The highest BCUT2D eigenvalue weighted by Crippen LogP contribution is 2.30. The summed E-state index contributed by atoms with van der Waals surface area (Å²) in [6.45, 7) is 4.53. The number of benzene rings is 1. The summed E-state index contributed by atoms with van der Waals surface area (Å²) in [4.78, 5) is 0. The molecule has 1 aliphatic rings. The minimum Gasteiger partial charge on any atom is -0.0872 e. The molecule has 0 N–H and O–H groups in total. The molecule has 0 aromatic heterocycles. The van der Waals surface area contributed by atoms with E-state index in [0.717, 1.165) is 11.8 Å². The van der Waals surface area contributed by atoms with Crippen molar-refractivity contribution in [3.05, 3.63) is 29.8 Å². The van der Waals surface area contributed by atoms with E-state index in [0.29, 0.717) is 0 Å². The van der Waals surface area contributed by atoms with Gasteiger partial charge in [0.05, 0.1) is 0 Å². The van der Waals surface area contributed by atoms with Gasteiger partial charge in [0, 0.05) is 0 Å². The highest BCUT2D eigenvalue weighted by atomic mass is 14.2. The van der Waals surface area contributed by atoms with E-state index in [1.54, 1.807) is 5.56 Å². The zero-order chi connectivity index (χ0) is 11.4. The molecule has 85 valence electrons. The molecule has 0 atom stereocenters. The Labute approximate surface area is 101 Å². The van der Waals surface area contributed by atoms with Gasteiger partial charge in [-0.15, -0.1) is 0 Å². The molecule has 1 aliphatic carbocycles. The SMILES string of the molecule is C[B]c1ccccc1CC1CCC(C)CC1. The number of hydrogen-bond donors (Lipinski definition) is 0. The van der Waals surface area contributed by atoms with Gasteiger partial charge in [-0.1, -0.05) is 61.9 Å². The third kappa shape index (κ3) is 2.90. The summed E-state index contributed by atoms with van der Waals surface area (Å²) < 4.78 is 0. The van der Waals surface area contributed by atoms with Crippen LogP contribution in [0.3, 0.4) is 0 Å². The van der Waals surface area contributed by atoms with Crippen LogP contribution in [0.4, 0.5) is 0 Å². The van der Waals surface area contributed by atoms with E-state index in [1.807, 2.05) is 0 Å². The highest BCUT2D eigenvalue weighted by Gasteiger charge is 2.18. The van der Waals surface area contributed by atoms with Crippen molar-refractivity contribution >= 4 is 12.7 Å². The van der Waals surface area contributed by atoms with Gasteiger partial charge in [0.2, 0.25) is 0 Å². The van der Waals surface area contributed by atoms with Gasteiger partial charge in [-0.2, -0.15) is 0 Å². The Balaban J connectivity index is 1.98. The van der Waals surface area contributed by atoms with E-state index in [1.165, 1.54) is 37.6 Å². The second-order valence-electron chi connectivity index (χ2n) is 5.32. The predicted molar refractivity (Wildman–Crippen MR) is 72.5 cm³/mol. The van der Waals surface area contributed by atoms with E-state index < -0.39 is 0 Å². The first kappa shape index (κ1) is 11.8. The summed E-state index contributed by atoms with van der Waals surface area (Å²) >= 11 is 0. The predicted octanol–water partition coefficient (Wildman–Crippen LogP) is 3.43. The maximum Gasteiger partial charge on any atom is 0.148 e. The van der Waals surface area contributed by atoms with Crippen LogP contribution in [0.15, 0.2) is 24.3 Å². The molecule has 16 heavy (non-hydrogen) atoms. The van der Waals surface area contributed by atoms with Gasteiger partial charge in [-0.05, 0) is 31.1 Å². The van der Waals surface area contributed by atoms with Crippen molar-refractivity contribution in [2.45, 2.75) is 45.9 Å². The molecule has 1 fully saturated rings. The normalized spacial score (nSPS) is 25.4. The molecule has 0 heterocycles. The minimum absolute atomic E-state index is 0.928. The van der Waals surface area contributed by atoms with E-state index in [4.69, 9.17) is 0 Å². The molecular formula is C15H22B. The van der Waals surface area contributed by atoms with Crippen LogP contribution in [0.1, 0.15) is 38.2 Å². The first-order valence-electron chi connectivity index (χ1n) is 6.67. The first-order valence-corrected chi connectivity index (χ1v) is 6.67. The lowest BCUT2D eigenvalue weighted by atomic mass is 9.69. The third-order valence-corrected chi connectivity index (χ3v) is 4.01. The second-order valence-corrected chi connectivity index (χ2v) is 5.32. The molecule has 0 bridgehead atoms. The third-order valence-electron chi connectivity index (χ3n) is 4.01. The van der Waals surface area contributed by atoms with E-state index in [-0.39, 0.29) is 0 Å². The van der Waals surface area contributed by atoms with Crippen molar-refractivity contribution in [3.8, 4) is 0 Å². The van der Waals surface area contributed by atoms with Crippen molar-refractivity contribution in [1.82, 2.24) is 0 Å². The Morgan fingerprint density at radius 2 is 1.81 bits per heavy atom. The number of rotatable bonds is 3. The zero-order valence-corrected chi connectivity index (χ0v) is 10.6. The molecule has 0 nitrogen and oxygen atoms in total. The molecule has 1 aromatic rings. The molecule has 0 saturated heterocycles. The quantitative estimate of drug-likeness (QED) is 0.675. The molecule has 0 amide bonds. The molecule has 1 heteroatoms. The van der Waals surface area contributed by atoms with Crippen LogP contribution in [0.25, 0.3) is 0 Å². The molecule has 1 aromatic carbocycles. The Bertz CT molecular complexity index is 324. The van der Waals surface area contributed by atoms with Gasteiger partial charge >= 0.3 is 0 Å². The fourth-order valence-corrected chi connectivity index (χ4v) is 2.85. The molecule has 0 aliphatic heterocycles. The summed E-state index contributed by atoms with van der Waals surface area (Å²) in [5, 5.41) is 0. The summed E-state index contributed by atoms with van der Waals surface area (Å²) in [5.41, 5.74) is 2.98.